The summed E-state index contributed by atoms with van der Waals surface area (Å²) in [6, 6.07) is 4.81. The molecule has 4 nitrogen and oxygen atoms in total. The first kappa shape index (κ1) is 20.5. The zero-order valence-corrected chi connectivity index (χ0v) is 14.6. The Hall–Kier alpha value is -1.59. The van der Waals surface area contributed by atoms with Crippen LogP contribution >= 0.6 is 11.6 Å². The monoisotopic (exact) mass is 352 g/mol. The maximum Gasteiger partial charge on any atom is 0.117 e. The second-order valence-corrected chi connectivity index (χ2v) is 5.93. The molecule has 0 saturated carbocycles. The van der Waals surface area contributed by atoms with Crippen molar-refractivity contribution in [1.29, 1.82) is 0 Å². The third kappa shape index (κ3) is 6.13. The molecule has 0 aliphatic carbocycles. The van der Waals surface area contributed by atoms with Gasteiger partial charge in [-0.1, -0.05) is 42.8 Å². The Balaban J connectivity index is 2.83. The number of halogens is 1. The average molecular weight is 353 g/mol. The summed E-state index contributed by atoms with van der Waals surface area (Å²) in [6.07, 6.45) is 4.49. The van der Waals surface area contributed by atoms with Crippen molar-refractivity contribution in [2.45, 2.75) is 32.3 Å². The predicted octanol–water partition coefficient (Wildman–Crippen LogP) is 3.45. The normalized spacial score (nSPS) is 13.9. The van der Waals surface area contributed by atoms with E-state index in [0.717, 1.165) is 17.6 Å². The quantitative estimate of drug-likeness (QED) is 0.513. The van der Waals surface area contributed by atoms with Gasteiger partial charge in [-0.25, -0.2) is 0 Å². The number of hydrogen-bond acceptors (Lipinski definition) is 4. The SMILES string of the molecule is C=C(CO)/C(=C/CO)C(O)CC/C(=C/c1ccc(O)cc1Cl)CC. The summed E-state index contributed by atoms with van der Waals surface area (Å²) in [5.41, 5.74) is 2.78. The summed E-state index contributed by atoms with van der Waals surface area (Å²) in [6.45, 7) is 5.24. The highest BCUT2D eigenvalue weighted by molar-refractivity contribution is 6.32. The summed E-state index contributed by atoms with van der Waals surface area (Å²) >= 11 is 6.12. The van der Waals surface area contributed by atoms with Crippen LogP contribution in [0.15, 0.2) is 47.6 Å². The Morgan fingerprint density at radius 2 is 2.04 bits per heavy atom. The Bertz CT molecular complexity index is 620. The third-order valence-corrected chi connectivity index (χ3v) is 4.13. The molecular weight excluding hydrogens is 328 g/mol. The van der Waals surface area contributed by atoms with Gasteiger partial charge in [-0.05, 0) is 54.2 Å². The number of aliphatic hydroxyl groups is 3. The highest BCUT2D eigenvalue weighted by Gasteiger charge is 2.14. The number of aromatic hydroxyl groups is 1. The van der Waals surface area contributed by atoms with Crippen molar-refractivity contribution in [2.24, 2.45) is 0 Å². The van der Waals surface area contributed by atoms with E-state index in [2.05, 4.69) is 6.58 Å². The first-order chi connectivity index (χ1) is 11.4. The molecule has 0 heterocycles. The van der Waals surface area contributed by atoms with Crippen LogP contribution in [0, 0.1) is 0 Å². The van der Waals surface area contributed by atoms with Crippen molar-refractivity contribution in [3.05, 3.63) is 58.2 Å². The van der Waals surface area contributed by atoms with Crippen LogP contribution in [0.1, 0.15) is 31.7 Å². The van der Waals surface area contributed by atoms with E-state index in [1.54, 1.807) is 12.1 Å². The minimum absolute atomic E-state index is 0.118. The van der Waals surface area contributed by atoms with Crippen LogP contribution in [0.25, 0.3) is 6.08 Å². The van der Waals surface area contributed by atoms with Crippen molar-refractivity contribution in [3.8, 4) is 5.75 Å². The van der Waals surface area contributed by atoms with Crippen LogP contribution in [-0.2, 0) is 0 Å². The van der Waals surface area contributed by atoms with Gasteiger partial charge in [0.1, 0.15) is 5.75 Å². The van der Waals surface area contributed by atoms with Crippen molar-refractivity contribution < 1.29 is 20.4 Å². The molecule has 0 saturated heterocycles. The smallest absolute Gasteiger partial charge is 0.117 e. The van der Waals surface area contributed by atoms with Gasteiger partial charge in [-0.3, -0.25) is 0 Å². The lowest BCUT2D eigenvalue weighted by Gasteiger charge is -2.17. The van der Waals surface area contributed by atoms with Crippen LogP contribution in [-0.4, -0.2) is 39.7 Å². The molecule has 0 radical (unpaired) electrons. The fraction of sp³-hybridized carbons (Fsp3) is 0.368. The Labute approximate surface area is 148 Å². The average Bonchev–Trinajstić information content (AvgIpc) is 2.57. The molecule has 0 fully saturated rings. The van der Waals surface area contributed by atoms with Gasteiger partial charge in [-0.2, -0.15) is 0 Å². The molecule has 0 aliphatic heterocycles. The van der Waals surface area contributed by atoms with Gasteiger partial charge in [0, 0.05) is 0 Å². The number of benzene rings is 1. The largest absolute Gasteiger partial charge is 0.508 e. The third-order valence-electron chi connectivity index (χ3n) is 3.81. The fourth-order valence-corrected chi connectivity index (χ4v) is 2.62. The van der Waals surface area contributed by atoms with Crippen molar-refractivity contribution >= 4 is 17.7 Å². The lowest BCUT2D eigenvalue weighted by molar-refractivity contribution is 0.197. The highest BCUT2D eigenvalue weighted by Crippen LogP contribution is 2.26. The van der Waals surface area contributed by atoms with Gasteiger partial charge < -0.3 is 20.4 Å². The molecule has 1 rings (SSSR count). The van der Waals surface area contributed by atoms with Crippen molar-refractivity contribution in [1.82, 2.24) is 0 Å². The van der Waals surface area contributed by atoms with E-state index < -0.39 is 6.10 Å². The second-order valence-electron chi connectivity index (χ2n) is 5.52. The van der Waals surface area contributed by atoms with E-state index in [1.165, 1.54) is 12.1 Å². The zero-order valence-electron chi connectivity index (χ0n) is 13.9. The zero-order chi connectivity index (χ0) is 18.1. The van der Waals surface area contributed by atoms with Gasteiger partial charge in [0.2, 0.25) is 0 Å². The van der Waals surface area contributed by atoms with Crippen molar-refractivity contribution in [3.63, 3.8) is 0 Å². The van der Waals surface area contributed by atoms with E-state index in [0.29, 0.717) is 29.0 Å². The Morgan fingerprint density at radius 3 is 2.58 bits per heavy atom. The maximum absolute atomic E-state index is 10.3. The van der Waals surface area contributed by atoms with Crippen molar-refractivity contribution in [2.75, 3.05) is 13.2 Å². The molecule has 0 aliphatic rings. The second kappa shape index (κ2) is 10.3. The molecule has 0 aromatic heterocycles. The first-order valence-electron chi connectivity index (χ1n) is 7.88. The van der Waals surface area contributed by atoms with Gasteiger partial charge in [0.05, 0.1) is 24.3 Å². The van der Waals surface area contributed by atoms with Gasteiger partial charge >= 0.3 is 0 Å². The molecule has 1 unspecified atom stereocenters. The number of aliphatic hydroxyl groups excluding tert-OH is 3. The number of hydrogen-bond donors (Lipinski definition) is 4. The van der Waals surface area contributed by atoms with Crippen LogP contribution in [0.3, 0.4) is 0 Å². The van der Waals surface area contributed by atoms with Crippen LogP contribution in [0.2, 0.25) is 5.02 Å². The van der Waals surface area contributed by atoms with Crippen LogP contribution in [0.4, 0.5) is 0 Å². The lowest BCUT2D eigenvalue weighted by atomic mass is 9.95. The molecule has 132 valence electrons. The number of phenols is 1. The minimum atomic E-state index is -0.804. The summed E-state index contributed by atoms with van der Waals surface area (Å²) < 4.78 is 0. The highest BCUT2D eigenvalue weighted by atomic mass is 35.5. The molecular formula is C19H25ClO4. The Kier molecular flexibility index (Phi) is 8.79. The molecule has 0 amide bonds. The molecule has 0 bridgehead atoms. The summed E-state index contributed by atoms with van der Waals surface area (Å²) in [4.78, 5) is 0. The number of rotatable bonds is 9. The number of allylic oxidation sites excluding steroid dienone is 1. The van der Waals surface area contributed by atoms with E-state index in [9.17, 15) is 15.3 Å². The molecule has 4 N–H and O–H groups in total. The topological polar surface area (TPSA) is 80.9 Å². The fourth-order valence-electron chi connectivity index (χ4n) is 2.39. The molecule has 1 aromatic carbocycles. The van der Waals surface area contributed by atoms with E-state index in [-0.39, 0.29) is 19.0 Å². The predicted molar refractivity (Wildman–Crippen MR) is 98.0 cm³/mol. The Morgan fingerprint density at radius 1 is 1.33 bits per heavy atom. The molecule has 0 spiro atoms. The van der Waals surface area contributed by atoms with Crippen LogP contribution in [0.5, 0.6) is 5.75 Å². The molecule has 1 aromatic rings. The van der Waals surface area contributed by atoms with E-state index in [1.807, 2.05) is 13.0 Å². The lowest BCUT2D eigenvalue weighted by Crippen LogP contribution is -2.14. The summed E-state index contributed by atoms with van der Waals surface area (Å²) in [7, 11) is 0. The van der Waals surface area contributed by atoms with Crippen LogP contribution < -0.4 is 0 Å². The van der Waals surface area contributed by atoms with Gasteiger partial charge in [0.15, 0.2) is 0 Å². The summed E-state index contributed by atoms with van der Waals surface area (Å²) in [5.74, 6) is 0.118. The molecule has 5 heteroatoms. The van der Waals surface area contributed by atoms with Gasteiger partial charge in [-0.15, -0.1) is 0 Å². The maximum atomic E-state index is 10.3. The summed E-state index contributed by atoms with van der Waals surface area (Å²) in [5, 5.41) is 38.4. The first-order valence-corrected chi connectivity index (χ1v) is 8.26. The minimum Gasteiger partial charge on any atom is -0.508 e. The standard InChI is InChI=1S/C19H25ClO4/c1-3-14(10-15-5-6-16(23)11-18(15)20)4-7-19(24)17(8-9-21)13(2)12-22/h5-6,8,10-11,19,21-24H,2-4,7,9,12H2,1H3/b14-10+,17-8-. The van der Waals surface area contributed by atoms with E-state index in [4.69, 9.17) is 16.7 Å². The number of phenolic OH excluding ortho intramolecular Hbond substituents is 1. The van der Waals surface area contributed by atoms with Gasteiger partial charge in [0.25, 0.3) is 0 Å². The van der Waals surface area contributed by atoms with E-state index >= 15 is 0 Å². The molecule has 24 heavy (non-hydrogen) atoms. The molecule has 1 atom stereocenters.